The second-order valence-corrected chi connectivity index (χ2v) is 3.18. The fourth-order valence-corrected chi connectivity index (χ4v) is 0.967. The highest BCUT2D eigenvalue weighted by molar-refractivity contribution is 5.81. The highest BCUT2D eigenvalue weighted by Crippen LogP contribution is 2.14. The minimum Gasteiger partial charge on any atom is -0.464 e. The van der Waals surface area contributed by atoms with Crippen molar-refractivity contribution in [2.45, 2.75) is 12.8 Å². The zero-order valence-corrected chi connectivity index (χ0v) is 8.88. The van der Waals surface area contributed by atoms with Crippen molar-refractivity contribution in [3.63, 3.8) is 0 Å². The highest BCUT2D eigenvalue weighted by Gasteiger charge is 2.37. The molecule has 0 saturated carbocycles. The van der Waals surface area contributed by atoms with Crippen LogP contribution >= 0.6 is 0 Å². The van der Waals surface area contributed by atoms with Gasteiger partial charge in [-0.3, -0.25) is 0 Å². The third kappa shape index (κ3) is 3.06. The normalized spacial score (nSPS) is 10.2. The molecular formula is C12H10F2O2. The Balaban J connectivity index is 2.89. The lowest BCUT2D eigenvalue weighted by molar-refractivity contribution is -0.160. The highest BCUT2D eigenvalue weighted by atomic mass is 19.3. The van der Waals surface area contributed by atoms with Gasteiger partial charge in [0.2, 0.25) is 0 Å². The zero-order valence-electron chi connectivity index (χ0n) is 8.88. The number of rotatable bonds is 1. The molecule has 84 valence electrons. The number of hydrogen-bond donors (Lipinski definition) is 0. The molecule has 0 saturated heterocycles. The van der Waals surface area contributed by atoms with Gasteiger partial charge in [0.05, 0.1) is 7.11 Å². The quantitative estimate of drug-likeness (QED) is 0.539. The summed E-state index contributed by atoms with van der Waals surface area (Å²) in [5.41, 5.74) is 1.43. The van der Waals surface area contributed by atoms with E-state index in [1.54, 1.807) is 30.2 Å². The minimum atomic E-state index is -3.76. The molecule has 0 unspecified atom stereocenters. The Morgan fingerprint density at radius 1 is 1.31 bits per heavy atom. The number of esters is 1. The largest absolute Gasteiger partial charge is 0.464 e. The summed E-state index contributed by atoms with van der Waals surface area (Å²) >= 11 is 0. The minimum absolute atomic E-state index is 0.425. The average molecular weight is 224 g/mol. The summed E-state index contributed by atoms with van der Waals surface area (Å²) in [7, 11) is 0.893. The van der Waals surface area contributed by atoms with E-state index < -0.39 is 11.9 Å². The average Bonchev–Trinajstić information content (AvgIpc) is 2.27. The lowest BCUT2D eigenvalue weighted by Gasteiger charge is -2.04. The summed E-state index contributed by atoms with van der Waals surface area (Å²) in [6.45, 7) is 1.88. The second kappa shape index (κ2) is 4.75. The van der Waals surface area contributed by atoms with E-state index in [1.807, 2.05) is 6.92 Å². The lowest BCUT2D eigenvalue weighted by atomic mass is 10.1. The molecule has 1 rings (SSSR count). The molecule has 2 nitrogen and oxygen atoms in total. The van der Waals surface area contributed by atoms with Crippen molar-refractivity contribution in [1.29, 1.82) is 0 Å². The molecule has 0 aliphatic heterocycles. The molecule has 0 atom stereocenters. The molecule has 4 heteroatoms. The SMILES string of the molecule is COC(=O)C(F)(F)C#Cc1ccc(C)cc1. The van der Waals surface area contributed by atoms with Crippen LogP contribution < -0.4 is 0 Å². The monoisotopic (exact) mass is 224 g/mol. The van der Waals surface area contributed by atoms with Gasteiger partial charge in [-0.2, -0.15) is 8.78 Å². The van der Waals surface area contributed by atoms with Gasteiger partial charge in [-0.15, -0.1) is 0 Å². The molecule has 0 aliphatic rings. The summed E-state index contributed by atoms with van der Waals surface area (Å²) in [5.74, 6) is -1.60. The Bertz CT molecular complexity index is 438. The van der Waals surface area contributed by atoms with Crippen LogP contribution in [-0.2, 0) is 9.53 Å². The topological polar surface area (TPSA) is 26.3 Å². The summed E-state index contributed by atoms with van der Waals surface area (Å²) in [6, 6.07) is 6.71. The van der Waals surface area contributed by atoms with Gasteiger partial charge in [-0.05, 0) is 25.0 Å². The third-order valence-electron chi connectivity index (χ3n) is 1.86. The van der Waals surface area contributed by atoms with Crippen molar-refractivity contribution in [3.05, 3.63) is 35.4 Å². The second-order valence-electron chi connectivity index (χ2n) is 3.18. The predicted molar refractivity (Wildman–Crippen MR) is 55.0 cm³/mol. The van der Waals surface area contributed by atoms with Crippen molar-refractivity contribution in [2.75, 3.05) is 7.11 Å². The zero-order chi connectivity index (χ0) is 12.2. The molecule has 16 heavy (non-hydrogen) atoms. The molecule has 0 aliphatic carbocycles. The van der Waals surface area contributed by atoms with Crippen molar-refractivity contribution < 1.29 is 18.3 Å². The van der Waals surface area contributed by atoms with Crippen LogP contribution in [0.1, 0.15) is 11.1 Å². The van der Waals surface area contributed by atoms with Crippen molar-refractivity contribution in [2.24, 2.45) is 0 Å². The molecule has 0 aromatic heterocycles. The van der Waals surface area contributed by atoms with Crippen LogP contribution in [0.4, 0.5) is 8.78 Å². The summed E-state index contributed by atoms with van der Waals surface area (Å²) in [4.78, 5) is 10.6. The maximum atomic E-state index is 12.9. The number of ether oxygens (including phenoxy) is 1. The number of methoxy groups -OCH3 is 1. The summed E-state index contributed by atoms with van der Waals surface area (Å²) in [5, 5.41) is 0. The van der Waals surface area contributed by atoms with Crippen LogP contribution in [-0.4, -0.2) is 19.0 Å². The Morgan fingerprint density at radius 3 is 2.38 bits per heavy atom. The van der Waals surface area contributed by atoms with Gasteiger partial charge in [0.25, 0.3) is 0 Å². The van der Waals surface area contributed by atoms with Gasteiger partial charge < -0.3 is 4.74 Å². The third-order valence-corrected chi connectivity index (χ3v) is 1.86. The van der Waals surface area contributed by atoms with E-state index in [-0.39, 0.29) is 0 Å². The van der Waals surface area contributed by atoms with Gasteiger partial charge in [-0.1, -0.05) is 23.6 Å². The molecule has 0 fully saturated rings. The lowest BCUT2D eigenvalue weighted by Crippen LogP contribution is -2.27. The van der Waals surface area contributed by atoms with Crippen LogP contribution in [0.2, 0.25) is 0 Å². The molecule has 0 heterocycles. The standard InChI is InChI=1S/C12H10F2O2/c1-9-3-5-10(6-4-9)7-8-12(13,14)11(15)16-2/h3-6H,1-2H3. The Hall–Kier alpha value is -1.89. The van der Waals surface area contributed by atoms with Crippen LogP contribution in [0.25, 0.3) is 0 Å². The molecule has 1 aromatic rings. The van der Waals surface area contributed by atoms with E-state index in [9.17, 15) is 13.6 Å². The molecular weight excluding hydrogens is 214 g/mol. The smallest absolute Gasteiger partial charge is 0.403 e. The number of carbonyl (C=O) groups excluding carboxylic acids is 1. The molecule has 1 aromatic carbocycles. The van der Waals surface area contributed by atoms with E-state index in [4.69, 9.17) is 0 Å². The number of carbonyl (C=O) groups is 1. The fraction of sp³-hybridized carbons (Fsp3) is 0.250. The predicted octanol–water partition coefficient (Wildman–Crippen LogP) is 2.15. The van der Waals surface area contributed by atoms with E-state index in [0.29, 0.717) is 5.56 Å². The van der Waals surface area contributed by atoms with Gasteiger partial charge in [0.15, 0.2) is 0 Å². The molecule has 0 amide bonds. The summed E-state index contributed by atoms with van der Waals surface area (Å²) < 4.78 is 29.8. The van der Waals surface area contributed by atoms with E-state index >= 15 is 0 Å². The molecule has 0 spiro atoms. The molecule has 0 N–H and O–H groups in total. The first kappa shape index (κ1) is 12.2. The van der Waals surface area contributed by atoms with Crippen LogP contribution in [0.3, 0.4) is 0 Å². The number of hydrogen-bond acceptors (Lipinski definition) is 2. The molecule has 0 bridgehead atoms. The van der Waals surface area contributed by atoms with E-state index in [1.165, 1.54) is 0 Å². The van der Waals surface area contributed by atoms with Crippen LogP contribution in [0.5, 0.6) is 0 Å². The van der Waals surface area contributed by atoms with E-state index in [0.717, 1.165) is 12.7 Å². The fourth-order valence-electron chi connectivity index (χ4n) is 0.967. The van der Waals surface area contributed by atoms with Crippen LogP contribution in [0.15, 0.2) is 24.3 Å². The van der Waals surface area contributed by atoms with E-state index in [2.05, 4.69) is 10.7 Å². The number of alkyl halides is 2. The van der Waals surface area contributed by atoms with Gasteiger partial charge in [0, 0.05) is 5.56 Å². The van der Waals surface area contributed by atoms with Gasteiger partial charge in [-0.25, -0.2) is 4.79 Å². The van der Waals surface area contributed by atoms with Crippen molar-refractivity contribution >= 4 is 5.97 Å². The first-order valence-electron chi connectivity index (χ1n) is 4.52. The maximum absolute atomic E-state index is 12.9. The Kier molecular flexibility index (Phi) is 3.62. The maximum Gasteiger partial charge on any atom is 0.403 e. The first-order valence-corrected chi connectivity index (χ1v) is 4.52. The van der Waals surface area contributed by atoms with Crippen molar-refractivity contribution in [3.8, 4) is 11.8 Å². The first-order chi connectivity index (χ1) is 7.45. The van der Waals surface area contributed by atoms with Crippen LogP contribution in [0, 0.1) is 18.8 Å². The molecule has 0 radical (unpaired) electrons. The number of benzene rings is 1. The van der Waals surface area contributed by atoms with Crippen molar-refractivity contribution in [1.82, 2.24) is 0 Å². The Labute approximate surface area is 92.2 Å². The number of aryl methyl sites for hydroxylation is 1. The van der Waals surface area contributed by atoms with Gasteiger partial charge in [0.1, 0.15) is 0 Å². The summed E-state index contributed by atoms with van der Waals surface area (Å²) in [6.07, 6.45) is 0. The van der Waals surface area contributed by atoms with Gasteiger partial charge >= 0.3 is 11.9 Å². The Morgan fingerprint density at radius 2 is 1.88 bits per heavy atom. The number of halogens is 2.